The van der Waals surface area contributed by atoms with Crippen molar-refractivity contribution in [2.24, 2.45) is 4.99 Å². The van der Waals surface area contributed by atoms with Crippen LogP contribution in [0.4, 0.5) is 14.5 Å². The van der Waals surface area contributed by atoms with Crippen LogP contribution in [0.1, 0.15) is 29.5 Å². The zero-order valence-corrected chi connectivity index (χ0v) is 14.4. The highest BCUT2D eigenvalue weighted by Crippen LogP contribution is 2.37. The standard InChI is InChI=1S/C19H23F2N3/c1-23(2)18-7-6-13(8-9-22-18)15-11-14-5-4-10-24(3)17(14)12-16(15)19(20)21/h6-8,11-12,19H,4-5,9-10H2,1-3H3. The normalized spacial score (nSPS) is 17.3. The second-order valence-electron chi connectivity index (χ2n) is 6.48. The minimum atomic E-state index is -2.49. The lowest BCUT2D eigenvalue weighted by atomic mass is 9.91. The van der Waals surface area contributed by atoms with Crippen molar-refractivity contribution < 1.29 is 8.78 Å². The first-order chi connectivity index (χ1) is 11.5. The highest BCUT2D eigenvalue weighted by Gasteiger charge is 2.22. The zero-order chi connectivity index (χ0) is 17.3. The molecule has 2 aliphatic rings. The van der Waals surface area contributed by atoms with Crippen molar-refractivity contribution in [2.75, 3.05) is 39.1 Å². The fourth-order valence-electron chi connectivity index (χ4n) is 3.28. The fraction of sp³-hybridized carbons (Fsp3) is 0.421. The summed E-state index contributed by atoms with van der Waals surface area (Å²) < 4.78 is 27.4. The SMILES string of the molecule is CN(C)C1=NCC=C(c2cc3c(cc2C(F)F)N(C)CCC3)C=C1. The van der Waals surface area contributed by atoms with E-state index in [9.17, 15) is 8.78 Å². The summed E-state index contributed by atoms with van der Waals surface area (Å²) in [6.07, 6.45) is 5.21. The predicted molar refractivity (Wildman–Crippen MR) is 96.1 cm³/mol. The van der Waals surface area contributed by atoms with Gasteiger partial charge in [0, 0.05) is 38.9 Å². The molecule has 0 atom stereocenters. The number of aryl methyl sites for hydroxylation is 1. The Hall–Kier alpha value is -2.17. The van der Waals surface area contributed by atoms with Gasteiger partial charge in [0.15, 0.2) is 0 Å². The molecule has 2 heterocycles. The number of halogens is 2. The Morgan fingerprint density at radius 3 is 2.71 bits per heavy atom. The third kappa shape index (κ3) is 3.21. The summed E-state index contributed by atoms with van der Waals surface area (Å²) >= 11 is 0. The van der Waals surface area contributed by atoms with Crippen molar-refractivity contribution in [3.63, 3.8) is 0 Å². The maximum absolute atomic E-state index is 13.7. The van der Waals surface area contributed by atoms with Crippen LogP contribution >= 0.6 is 0 Å². The number of allylic oxidation sites excluding steroid dienone is 2. The van der Waals surface area contributed by atoms with Gasteiger partial charge in [-0.3, -0.25) is 4.99 Å². The van der Waals surface area contributed by atoms with Gasteiger partial charge in [0.2, 0.25) is 0 Å². The van der Waals surface area contributed by atoms with Gasteiger partial charge >= 0.3 is 0 Å². The van der Waals surface area contributed by atoms with E-state index in [1.165, 1.54) is 0 Å². The molecule has 24 heavy (non-hydrogen) atoms. The average Bonchev–Trinajstić information content (AvgIpc) is 2.80. The summed E-state index contributed by atoms with van der Waals surface area (Å²) in [4.78, 5) is 8.44. The third-order valence-electron chi connectivity index (χ3n) is 4.58. The lowest BCUT2D eigenvalue weighted by Crippen LogP contribution is -2.25. The first kappa shape index (κ1) is 16.7. The molecular formula is C19H23F2N3. The third-order valence-corrected chi connectivity index (χ3v) is 4.58. The van der Waals surface area contributed by atoms with Gasteiger partial charge in [-0.1, -0.05) is 12.2 Å². The second-order valence-corrected chi connectivity index (χ2v) is 6.48. The van der Waals surface area contributed by atoms with Gasteiger partial charge in [0.25, 0.3) is 6.43 Å². The molecule has 0 aromatic heterocycles. The van der Waals surface area contributed by atoms with Gasteiger partial charge in [-0.25, -0.2) is 8.78 Å². The van der Waals surface area contributed by atoms with E-state index < -0.39 is 6.43 Å². The van der Waals surface area contributed by atoms with Crippen LogP contribution in [0.15, 0.2) is 35.4 Å². The second kappa shape index (κ2) is 6.75. The Balaban J connectivity index is 2.04. The van der Waals surface area contributed by atoms with Crippen LogP contribution in [-0.4, -0.2) is 45.0 Å². The molecule has 0 N–H and O–H groups in total. The number of hydrogen-bond donors (Lipinski definition) is 0. The molecular weight excluding hydrogens is 308 g/mol. The van der Waals surface area contributed by atoms with Crippen LogP contribution in [0.2, 0.25) is 0 Å². The summed E-state index contributed by atoms with van der Waals surface area (Å²) in [5.74, 6) is 0.845. The summed E-state index contributed by atoms with van der Waals surface area (Å²) in [6, 6.07) is 3.62. The number of nitrogens with zero attached hydrogens (tertiary/aromatic N) is 3. The average molecular weight is 331 g/mol. The Labute approximate surface area is 142 Å². The van der Waals surface area contributed by atoms with Crippen molar-refractivity contribution in [1.82, 2.24) is 4.90 Å². The van der Waals surface area contributed by atoms with Gasteiger partial charge in [-0.05, 0) is 47.8 Å². The van der Waals surface area contributed by atoms with Crippen molar-refractivity contribution in [2.45, 2.75) is 19.3 Å². The molecule has 0 amide bonds. The molecule has 5 heteroatoms. The molecule has 128 valence electrons. The van der Waals surface area contributed by atoms with Gasteiger partial charge < -0.3 is 9.80 Å². The maximum atomic E-state index is 13.7. The Kier molecular flexibility index (Phi) is 4.69. The van der Waals surface area contributed by atoms with Crippen LogP contribution < -0.4 is 4.90 Å². The number of amidine groups is 1. The number of benzene rings is 1. The molecule has 0 saturated carbocycles. The minimum absolute atomic E-state index is 0.103. The lowest BCUT2D eigenvalue weighted by Gasteiger charge is -2.29. The van der Waals surface area contributed by atoms with Gasteiger partial charge in [0.05, 0.1) is 6.54 Å². The van der Waals surface area contributed by atoms with Gasteiger partial charge in [0.1, 0.15) is 5.84 Å². The summed E-state index contributed by atoms with van der Waals surface area (Å²) in [5.41, 5.74) is 3.64. The maximum Gasteiger partial charge on any atom is 0.264 e. The molecule has 0 aliphatic carbocycles. The minimum Gasteiger partial charge on any atom is -0.374 e. The van der Waals surface area contributed by atoms with Crippen LogP contribution in [0.25, 0.3) is 5.57 Å². The number of alkyl halides is 2. The summed E-state index contributed by atoms with van der Waals surface area (Å²) in [7, 11) is 5.82. The molecule has 0 saturated heterocycles. The van der Waals surface area contributed by atoms with Gasteiger partial charge in [-0.15, -0.1) is 0 Å². The van der Waals surface area contributed by atoms with E-state index in [2.05, 4.69) is 9.89 Å². The number of rotatable bonds is 2. The Morgan fingerprint density at radius 2 is 2.00 bits per heavy atom. The van der Waals surface area contributed by atoms with Crippen LogP contribution in [-0.2, 0) is 6.42 Å². The molecule has 3 nitrogen and oxygen atoms in total. The predicted octanol–water partition coefficient (Wildman–Crippen LogP) is 3.92. The monoisotopic (exact) mass is 331 g/mol. The molecule has 1 aromatic rings. The van der Waals surface area contributed by atoms with Gasteiger partial charge in [-0.2, -0.15) is 0 Å². The summed E-state index contributed by atoms with van der Waals surface area (Å²) in [6.45, 7) is 1.41. The fourth-order valence-corrected chi connectivity index (χ4v) is 3.28. The molecule has 0 fully saturated rings. The molecule has 0 radical (unpaired) electrons. The van der Waals surface area contributed by atoms with Crippen molar-refractivity contribution in [3.8, 4) is 0 Å². The number of likely N-dealkylation sites (N-methyl/N-ethyl adjacent to an activating group) is 1. The quantitative estimate of drug-likeness (QED) is 0.818. The van der Waals surface area contributed by atoms with E-state index in [4.69, 9.17) is 0 Å². The van der Waals surface area contributed by atoms with Crippen LogP contribution in [0.3, 0.4) is 0 Å². The topological polar surface area (TPSA) is 18.8 Å². The summed E-state index contributed by atoms with van der Waals surface area (Å²) in [5, 5.41) is 0. The van der Waals surface area contributed by atoms with Crippen molar-refractivity contribution in [1.29, 1.82) is 0 Å². The van der Waals surface area contributed by atoms with E-state index in [0.29, 0.717) is 12.1 Å². The molecule has 0 spiro atoms. The zero-order valence-electron chi connectivity index (χ0n) is 14.4. The van der Waals surface area contributed by atoms with E-state index in [0.717, 1.165) is 42.0 Å². The molecule has 1 aromatic carbocycles. The Bertz CT molecular complexity index is 718. The molecule has 2 aliphatic heterocycles. The van der Waals surface area contributed by atoms with E-state index in [1.54, 1.807) is 6.07 Å². The largest absolute Gasteiger partial charge is 0.374 e. The highest BCUT2D eigenvalue weighted by atomic mass is 19.3. The van der Waals surface area contributed by atoms with Crippen LogP contribution in [0.5, 0.6) is 0 Å². The number of anilines is 1. The van der Waals surface area contributed by atoms with E-state index >= 15 is 0 Å². The smallest absolute Gasteiger partial charge is 0.264 e. The molecule has 0 bridgehead atoms. The van der Waals surface area contributed by atoms with Crippen molar-refractivity contribution >= 4 is 17.1 Å². The highest BCUT2D eigenvalue weighted by molar-refractivity contribution is 5.96. The van der Waals surface area contributed by atoms with Crippen LogP contribution in [0, 0.1) is 0 Å². The number of fused-ring (bicyclic) bond motifs is 1. The van der Waals surface area contributed by atoms with E-state index in [-0.39, 0.29) is 5.56 Å². The molecule has 3 rings (SSSR count). The van der Waals surface area contributed by atoms with Crippen molar-refractivity contribution in [3.05, 3.63) is 47.1 Å². The first-order valence-corrected chi connectivity index (χ1v) is 8.24. The molecule has 0 unspecified atom stereocenters. The lowest BCUT2D eigenvalue weighted by molar-refractivity contribution is 0.151. The first-order valence-electron chi connectivity index (χ1n) is 8.24. The number of hydrogen-bond acceptors (Lipinski definition) is 3. The Morgan fingerprint density at radius 1 is 1.21 bits per heavy atom. The number of aliphatic imine (C=N–C) groups is 1. The van der Waals surface area contributed by atoms with E-state index in [1.807, 2.05) is 50.3 Å².